The van der Waals surface area contributed by atoms with E-state index in [1.165, 1.54) is 25.3 Å². The van der Waals surface area contributed by atoms with E-state index in [2.05, 4.69) is 5.32 Å². The van der Waals surface area contributed by atoms with Gasteiger partial charge in [-0.1, -0.05) is 12.5 Å². The van der Waals surface area contributed by atoms with Crippen molar-refractivity contribution in [1.82, 2.24) is 0 Å². The molecule has 1 nitrogen and oxygen atoms in total. The van der Waals surface area contributed by atoms with E-state index < -0.39 is 0 Å². The molecule has 1 aromatic carbocycles. The van der Waals surface area contributed by atoms with E-state index >= 15 is 0 Å². The van der Waals surface area contributed by atoms with Gasteiger partial charge in [0.25, 0.3) is 0 Å². The van der Waals surface area contributed by atoms with Crippen LogP contribution in [0.25, 0.3) is 0 Å². The van der Waals surface area contributed by atoms with Crippen LogP contribution < -0.4 is 5.32 Å². The second kappa shape index (κ2) is 3.99. The summed E-state index contributed by atoms with van der Waals surface area (Å²) in [5.41, 5.74) is 1.67. The van der Waals surface area contributed by atoms with Crippen LogP contribution in [-0.2, 0) is 0 Å². The molecule has 0 spiro atoms. The first-order valence-corrected chi connectivity index (χ1v) is 5.26. The van der Waals surface area contributed by atoms with Crippen molar-refractivity contribution in [3.63, 3.8) is 0 Å². The van der Waals surface area contributed by atoms with Gasteiger partial charge in [0.1, 0.15) is 5.82 Å². The first-order valence-electron chi connectivity index (χ1n) is 5.26. The number of hydrogen-bond acceptors (Lipinski definition) is 1. The summed E-state index contributed by atoms with van der Waals surface area (Å²) in [6.07, 6.45) is 4.00. The highest BCUT2D eigenvalue weighted by atomic mass is 19.1. The molecule has 2 rings (SSSR count). The lowest BCUT2D eigenvalue weighted by atomic mass is 9.85. The lowest BCUT2D eigenvalue weighted by Crippen LogP contribution is -2.21. The van der Waals surface area contributed by atoms with Gasteiger partial charge in [-0.15, -0.1) is 0 Å². The van der Waals surface area contributed by atoms with Gasteiger partial charge in [0.05, 0.1) is 0 Å². The Hall–Kier alpha value is -1.05. The van der Waals surface area contributed by atoms with Crippen LogP contribution in [0.2, 0.25) is 0 Å². The Kier molecular flexibility index (Phi) is 2.71. The summed E-state index contributed by atoms with van der Waals surface area (Å²) in [5, 5.41) is 3.32. The summed E-state index contributed by atoms with van der Waals surface area (Å²) in [6.45, 7) is 2.81. The van der Waals surface area contributed by atoms with Gasteiger partial charge in [-0.25, -0.2) is 4.39 Å². The van der Waals surface area contributed by atoms with Crippen LogP contribution in [0.5, 0.6) is 0 Å². The first kappa shape index (κ1) is 9.50. The van der Waals surface area contributed by atoms with Crippen molar-refractivity contribution in [2.45, 2.75) is 26.2 Å². The summed E-state index contributed by atoms with van der Waals surface area (Å²) in [4.78, 5) is 0. The zero-order valence-electron chi connectivity index (χ0n) is 8.52. The second-order valence-electron chi connectivity index (χ2n) is 4.09. The summed E-state index contributed by atoms with van der Waals surface area (Å²) < 4.78 is 13.2. The predicted molar refractivity (Wildman–Crippen MR) is 57.0 cm³/mol. The largest absolute Gasteiger partial charge is 0.384 e. The molecule has 1 N–H and O–H groups in total. The molecule has 0 atom stereocenters. The molecule has 1 saturated carbocycles. The van der Waals surface area contributed by atoms with E-state index in [1.54, 1.807) is 6.07 Å². The van der Waals surface area contributed by atoms with Crippen LogP contribution in [0.1, 0.15) is 24.8 Å². The minimum Gasteiger partial charge on any atom is -0.384 e. The molecule has 1 fully saturated rings. The van der Waals surface area contributed by atoms with Gasteiger partial charge >= 0.3 is 0 Å². The number of rotatable bonds is 3. The van der Waals surface area contributed by atoms with Crippen molar-refractivity contribution in [2.75, 3.05) is 11.9 Å². The standard InChI is InChI=1S/C12H16FN/c1-9-11(13)6-3-7-12(9)14-8-10-4-2-5-10/h3,6-7,10,14H,2,4-5,8H2,1H3. The molecule has 2 heteroatoms. The van der Waals surface area contributed by atoms with Crippen molar-refractivity contribution in [3.05, 3.63) is 29.6 Å². The van der Waals surface area contributed by atoms with Crippen LogP contribution in [0.4, 0.5) is 10.1 Å². The number of nitrogens with one attached hydrogen (secondary N) is 1. The molecule has 0 bridgehead atoms. The number of halogens is 1. The number of hydrogen-bond donors (Lipinski definition) is 1. The molecule has 0 aromatic heterocycles. The molecule has 0 aliphatic heterocycles. The van der Waals surface area contributed by atoms with Crippen molar-refractivity contribution < 1.29 is 4.39 Å². The molecule has 0 unspecified atom stereocenters. The van der Waals surface area contributed by atoms with Crippen LogP contribution in [0, 0.1) is 18.7 Å². The van der Waals surface area contributed by atoms with Crippen LogP contribution in [-0.4, -0.2) is 6.54 Å². The molecule has 0 radical (unpaired) electrons. The molecule has 0 amide bonds. The summed E-state index contributed by atoms with van der Waals surface area (Å²) in [7, 11) is 0. The maximum absolute atomic E-state index is 13.2. The Balaban J connectivity index is 1.97. The molecular weight excluding hydrogens is 177 g/mol. The fraction of sp³-hybridized carbons (Fsp3) is 0.500. The third-order valence-electron chi connectivity index (χ3n) is 3.07. The monoisotopic (exact) mass is 193 g/mol. The van der Waals surface area contributed by atoms with E-state index in [4.69, 9.17) is 0 Å². The Morgan fingerprint density at radius 3 is 2.86 bits per heavy atom. The summed E-state index contributed by atoms with van der Waals surface area (Å²) in [5.74, 6) is 0.682. The highest BCUT2D eigenvalue weighted by Gasteiger charge is 2.17. The van der Waals surface area contributed by atoms with Crippen molar-refractivity contribution in [1.29, 1.82) is 0 Å². The Bertz CT molecular complexity index is 318. The third kappa shape index (κ3) is 1.89. The fourth-order valence-electron chi connectivity index (χ4n) is 1.75. The fourth-order valence-corrected chi connectivity index (χ4v) is 1.75. The Labute approximate surface area is 84.3 Å². The highest BCUT2D eigenvalue weighted by Crippen LogP contribution is 2.27. The third-order valence-corrected chi connectivity index (χ3v) is 3.07. The smallest absolute Gasteiger partial charge is 0.128 e. The Morgan fingerprint density at radius 1 is 1.43 bits per heavy atom. The predicted octanol–water partition coefficient (Wildman–Crippen LogP) is 3.35. The highest BCUT2D eigenvalue weighted by molar-refractivity contribution is 5.50. The van der Waals surface area contributed by atoms with Gasteiger partial charge in [-0.2, -0.15) is 0 Å². The van der Waals surface area contributed by atoms with Crippen LogP contribution >= 0.6 is 0 Å². The van der Waals surface area contributed by atoms with E-state index in [1.807, 2.05) is 13.0 Å². The lowest BCUT2D eigenvalue weighted by molar-refractivity contribution is 0.333. The number of anilines is 1. The zero-order chi connectivity index (χ0) is 9.97. The van der Waals surface area contributed by atoms with Gasteiger partial charge in [0, 0.05) is 17.8 Å². The number of benzene rings is 1. The molecule has 1 aliphatic rings. The maximum Gasteiger partial charge on any atom is 0.128 e. The van der Waals surface area contributed by atoms with Crippen LogP contribution in [0.15, 0.2) is 18.2 Å². The van der Waals surface area contributed by atoms with Crippen LogP contribution in [0.3, 0.4) is 0 Å². The second-order valence-corrected chi connectivity index (χ2v) is 4.09. The molecule has 14 heavy (non-hydrogen) atoms. The van der Waals surface area contributed by atoms with E-state index in [0.29, 0.717) is 0 Å². The van der Waals surface area contributed by atoms with Crippen molar-refractivity contribution >= 4 is 5.69 Å². The average Bonchev–Trinajstić information content (AvgIpc) is 2.09. The van der Waals surface area contributed by atoms with Crippen molar-refractivity contribution in [3.8, 4) is 0 Å². The van der Waals surface area contributed by atoms with Gasteiger partial charge < -0.3 is 5.32 Å². The van der Waals surface area contributed by atoms with Gasteiger partial charge in [-0.3, -0.25) is 0 Å². The molecule has 0 heterocycles. The summed E-state index contributed by atoms with van der Waals surface area (Å²) in [6, 6.07) is 5.20. The molecule has 76 valence electrons. The topological polar surface area (TPSA) is 12.0 Å². The van der Waals surface area contributed by atoms with E-state index in [9.17, 15) is 4.39 Å². The lowest BCUT2D eigenvalue weighted by Gasteiger charge is -2.26. The maximum atomic E-state index is 13.2. The zero-order valence-corrected chi connectivity index (χ0v) is 8.52. The quantitative estimate of drug-likeness (QED) is 0.776. The average molecular weight is 193 g/mol. The normalized spacial score (nSPS) is 16.4. The van der Waals surface area contributed by atoms with E-state index in [0.717, 1.165) is 23.7 Å². The minimum atomic E-state index is -0.122. The van der Waals surface area contributed by atoms with Crippen molar-refractivity contribution in [2.24, 2.45) is 5.92 Å². The molecular formula is C12H16FN. The SMILES string of the molecule is Cc1c(F)cccc1NCC1CCC1. The molecule has 0 saturated heterocycles. The Morgan fingerprint density at radius 2 is 2.21 bits per heavy atom. The van der Waals surface area contributed by atoms with Gasteiger partial charge in [0.15, 0.2) is 0 Å². The van der Waals surface area contributed by atoms with Gasteiger partial charge in [-0.05, 0) is 37.8 Å². The molecule has 1 aliphatic carbocycles. The van der Waals surface area contributed by atoms with Gasteiger partial charge in [0.2, 0.25) is 0 Å². The minimum absolute atomic E-state index is 0.122. The van der Waals surface area contributed by atoms with E-state index in [-0.39, 0.29) is 5.82 Å². The first-order chi connectivity index (χ1) is 6.77. The summed E-state index contributed by atoms with van der Waals surface area (Å²) >= 11 is 0. The molecule has 1 aromatic rings.